The lowest BCUT2D eigenvalue weighted by molar-refractivity contribution is -0.115. The molecule has 0 saturated carbocycles. The van der Waals surface area contributed by atoms with Gasteiger partial charge < -0.3 is 11.1 Å². The van der Waals surface area contributed by atoms with Crippen molar-refractivity contribution >= 4 is 21.4 Å². The Labute approximate surface area is 120 Å². The average molecular weight is 298 g/mol. The summed E-state index contributed by atoms with van der Waals surface area (Å²) < 4.78 is 23.6. The van der Waals surface area contributed by atoms with Crippen LogP contribution >= 0.6 is 0 Å². The smallest absolute Gasteiger partial charge is 0.225 e. The molecule has 1 amide bonds. The molecule has 1 aromatic rings. The van der Waals surface area contributed by atoms with E-state index in [-0.39, 0.29) is 18.1 Å². The molecule has 112 valence electrons. The Balaban J connectivity index is 2.51. The van der Waals surface area contributed by atoms with Crippen LogP contribution in [0.1, 0.15) is 32.3 Å². The van der Waals surface area contributed by atoms with Crippen LogP contribution in [-0.2, 0) is 21.2 Å². The van der Waals surface area contributed by atoms with Crippen molar-refractivity contribution in [3.8, 4) is 0 Å². The van der Waals surface area contributed by atoms with Gasteiger partial charge in [-0.25, -0.2) is 8.42 Å². The lowest BCUT2D eigenvalue weighted by atomic mass is 10.2. The molecule has 0 bridgehead atoms. The van der Waals surface area contributed by atoms with E-state index in [4.69, 9.17) is 5.73 Å². The van der Waals surface area contributed by atoms with Gasteiger partial charge >= 0.3 is 0 Å². The Morgan fingerprint density at radius 3 is 2.40 bits per heavy atom. The molecule has 1 rings (SSSR count). The Morgan fingerprint density at radius 2 is 1.90 bits per heavy atom. The molecule has 1 unspecified atom stereocenters. The van der Waals surface area contributed by atoms with E-state index in [1.54, 1.807) is 19.1 Å². The standard InChI is InChI=1S/C14H22N2O3S/c1-3-11(2)20(18,19)9-8-14(17)16-13-6-4-12(10-15)5-7-13/h4-7,11H,3,8-10,15H2,1-2H3,(H,16,17). The van der Waals surface area contributed by atoms with Gasteiger partial charge in [-0.15, -0.1) is 0 Å². The van der Waals surface area contributed by atoms with Gasteiger partial charge in [-0.3, -0.25) is 4.79 Å². The molecule has 0 radical (unpaired) electrons. The first-order chi connectivity index (χ1) is 9.39. The quantitative estimate of drug-likeness (QED) is 0.801. The van der Waals surface area contributed by atoms with E-state index in [2.05, 4.69) is 5.32 Å². The van der Waals surface area contributed by atoms with Crippen molar-refractivity contribution in [2.24, 2.45) is 5.73 Å². The molecule has 0 aliphatic rings. The first kappa shape index (κ1) is 16.7. The zero-order valence-electron chi connectivity index (χ0n) is 11.9. The number of anilines is 1. The SMILES string of the molecule is CCC(C)S(=O)(=O)CCC(=O)Nc1ccc(CN)cc1. The third-order valence-corrected chi connectivity index (χ3v) is 5.61. The number of nitrogens with two attached hydrogens (primary N) is 1. The lowest BCUT2D eigenvalue weighted by Crippen LogP contribution is -2.24. The zero-order chi connectivity index (χ0) is 15.2. The predicted octanol–water partition coefficient (Wildman–Crippen LogP) is 1.69. The van der Waals surface area contributed by atoms with Crippen LogP contribution in [0.3, 0.4) is 0 Å². The maximum Gasteiger partial charge on any atom is 0.225 e. The van der Waals surface area contributed by atoms with Gasteiger partial charge in [-0.1, -0.05) is 19.1 Å². The third-order valence-electron chi connectivity index (χ3n) is 3.28. The summed E-state index contributed by atoms with van der Waals surface area (Å²) >= 11 is 0. The number of hydrogen-bond acceptors (Lipinski definition) is 4. The topological polar surface area (TPSA) is 89.3 Å². The monoisotopic (exact) mass is 298 g/mol. The van der Waals surface area contributed by atoms with E-state index in [9.17, 15) is 13.2 Å². The second-order valence-corrected chi connectivity index (χ2v) is 7.32. The lowest BCUT2D eigenvalue weighted by Gasteiger charge is -2.10. The van der Waals surface area contributed by atoms with Crippen molar-refractivity contribution < 1.29 is 13.2 Å². The van der Waals surface area contributed by atoms with Gasteiger partial charge in [0, 0.05) is 18.7 Å². The molecule has 0 aliphatic heterocycles. The summed E-state index contributed by atoms with van der Waals surface area (Å²) in [5.74, 6) is -0.410. The van der Waals surface area contributed by atoms with E-state index >= 15 is 0 Å². The Hall–Kier alpha value is -1.40. The van der Waals surface area contributed by atoms with Crippen molar-refractivity contribution in [3.63, 3.8) is 0 Å². The van der Waals surface area contributed by atoms with E-state index in [1.165, 1.54) is 0 Å². The fraction of sp³-hybridized carbons (Fsp3) is 0.500. The minimum Gasteiger partial charge on any atom is -0.326 e. The van der Waals surface area contributed by atoms with Gasteiger partial charge in [0.2, 0.25) is 5.91 Å². The highest BCUT2D eigenvalue weighted by Gasteiger charge is 2.20. The summed E-state index contributed by atoms with van der Waals surface area (Å²) in [6.07, 6.45) is 0.538. The van der Waals surface area contributed by atoms with Crippen LogP contribution in [0.5, 0.6) is 0 Å². The normalized spacial score (nSPS) is 12.9. The van der Waals surface area contributed by atoms with Crippen LogP contribution in [0.4, 0.5) is 5.69 Å². The molecular weight excluding hydrogens is 276 g/mol. The number of sulfone groups is 1. The van der Waals surface area contributed by atoms with Gasteiger partial charge in [0.05, 0.1) is 11.0 Å². The molecule has 0 aliphatic carbocycles. The minimum absolute atomic E-state index is 0.0225. The number of carbonyl (C=O) groups excluding carboxylic acids is 1. The second-order valence-electron chi connectivity index (χ2n) is 4.79. The second kappa shape index (κ2) is 7.40. The summed E-state index contributed by atoms with van der Waals surface area (Å²) in [5, 5.41) is 2.27. The molecule has 0 aromatic heterocycles. The molecule has 0 spiro atoms. The predicted molar refractivity (Wildman–Crippen MR) is 81.1 cm³/mol. The molecule has 0 saturated heterocycles. The minimum atomic E-state index is -3.19. The largest absolute Gasteiger partial charge is 0.326 e. The first-order valence-electron chi connectivity index (χ1n) is 6.69. The van der Waals surface area contributed by atoms with Crippen molar-refractivity contribution in [2.75, 3.05) is 11.1 Å². The number of carbonyl (C=O) groups is 1. The van der Waals surface area contributed by atoms with E-state index in [1.807, 2.05) is 19.1 Å². The highest BCUT2D eigenvalue weighted by molar-refractivity contribution is 7.92. The van der Waals surface area contributed by atoms with Crippen LogP contribution in [-0.4, -0.2) is 25.3 Å². The number of rotatable bonds is 7. The molecular formula is C14H22N2O3S. The van der Waals surface area contributed by atoms with E-state index in [0.29, 0.717) is 18.7 Å². The molecule has 1 aromatic carbocycles. The van der Waals surface area contributed by atoms with Crippen molar-refractivity contribution in [2.45, 2.75) is 38.5 Å². The van der Waals surface area contributed by atoms with Crippen LogP contribution in [0.2, 0.25) is 0 Å². The third kappa shape index (κ3) is 4.94. The molecule has 6 heteroatoms. The van der Waals surface area contributed by atoms with Gasteiger partial charge in [-0.05, 0) is 31.0 Å². The van der Waals surface area contributed by atoms with Crippen molar-refractivity contribution in [1.82, 2.24) is 0 Å². The summed E-state index contributed by atoms with van der Waals surface area (Å²) in [4.78, 5) is 11.7. The van der Waals surface area contributed by atoms with Crippen LogP contribution < -0.4 is 11.1 Å². The van der Waals surface area contributed by atoms with Gasteiger partial charge in [0.1, 0.15) is 0 Å². The molecule has 20 heavy (non-hydrogen) atoms. The van der Waals surface area contributed by atoms with Gasteiger partial charge in [0.25, 0.3) is 0 Å². The highest BCUT2D eigenvalue weighted by atomic mass is 32.2. The van der Waals surface area contributed by atoms with Crippen molar-refractivity contribution in [1.29, 1.82) is 0 Å². The van der Waals surface area contributed by atoms with E-state index < -0.39 is 15.1 Å². The fourth-order valence-corrected chi connectivity index (χ4v) is 3.02. The molecule has 0 fully saturated rings. The Kier molecular flexibility index (Phi) is 6.16. The van der Waals surface area contributed by atoms with Crippen LogP contribution in [0.15, 0.2) is 24.3 Å². The number of amides is 1. The molecule has 0 heterocycles. The summed E-state index contributed by atoms with van der Waals surface area (Å²) in [5.41, 5.74) is 7.10. The zero-order valence-corrected chi connectivity index (χ0v) is 12.7. The summed E-state index contributed by atoms with van der Waals surface area (Å²) in [6.45, 7) is 3.93. The number of hydrogen-bond donors (Lipinski definition) is 2. The highest BCUT2D eigenvalue weighted by Crippen LogP contribution is 2.11. The van der Waals surface area contributed by atoms with Crippen molar-refractivity contribution in [3.05, 3.63) is 29.8 Å². The van der Waals surface area contributed by atoms with Gasteiger partial charge in [-0.2, -0.15) is 0 Å². The van der Waals surface area contributed by atoms with E-state index in [0.717, 1.165) is 5.56 Å². The summed E-state index contributed by atoms with van der Waals surface area (Å²) in [6, 6.07) is 7.16. The maximum absolute atomic E-state index is 11.8. The Morgan fingerprint density at radius 1 is 1.30 bits per heavy atom. The molecule has 1 atom stereocenters. The number of nitrogens with one attached hydrogen (secondary N) is 1. The fourth-order valence-electron chi connectivity index (χ4n) is 1.64. The molecule has 5 nitrogen and oxygen atoms in total. The molecule has 3 N–H and O–H groups in total. The summed E-state index contributed by atoms with van der Waals surface area (Å²) in [7, 11) is -3.19. The number of benzene rings is 1. The van der Waals surface area contributed by atoms with Crippen LogP contribution in [0, 0.1) is 0 Å². The van der Waals surface area contributed by atoms with Crippen LogP contribution in [0.25, 0.3) is 0 Å². The van der Waals surface area contributed by atoms with Gasteiger partial charge in [0.15, 0.2) is 9.84 Å². The maximum atomic E-state index is 11.8. The Bertz CT molecular complexity index is 538. The average Bonchev–Trinajstić information content (AvgIpc) is 2.45. The first-order valence-corrected chi connectivity index (χ1v) is 8.41.